The van der Waals surface area contributed by atoms with E-state index in [0.29, 0.717) is 23.7 Å². The summed E-state index contributed by atoms with van der Waals surface area (Å²) in [5, 5.41) is 9.54. The summed E-state index contributed by atoms with van der Waals surface area (Å²) in [7, 11) is 0. The third-order valence-corrected chi connectivity index (χ3v) is 4.86. The average molecular weight is 421 g/mol. The minimum absolute atomic E-state index is 0.0109. The maximum Gasteiger partial charge on any atom is 0.315 e. The van der Waals surface area contributed by atoms with Gasteiger partial charge in [0.25, 0.3) is 0 Å². The molecule has 0 aliphatic heterocycles. The monoisotopic (exact) mass is 420 g/mol. The number of carbonyl (C=O) groups is 2. The molecule has 0 unspecified atom stereocenters. The first kappa shape index (κ1) is 22.0. The Morgan fingerprint density at radius 2 is 1.68 bits per heavy atom. The van der Waals surface area contributed by atoms with Crippen LogP contribution >= 0.6 is 0 Å². The molecule has 0 spiro atoms. The van der Waals surface area contributed by atoms with Crippen LogP contribution in [-0.2, 0) is 17.8 Å². The number of carbonyl (C=O) groups excluding carboxylic acids is 2. The number of benzene rings is 2. The molecule has 8 heteroatoms. The molecule has 0 aliphatic rings. The number of aromatic nitrogens is 2. The van der Waals surface area contributed by atoms with Crippen LogP contribution in [0.1, 0.15) is 25.2 Å². The van der Waals surface area contributed by atoms with Gasteiger partial charge in [0.15, 0.2) is 5.82 Å². The van der Waals surface area contributed by atoms with Gasteiger partial charge in [-0.2, -0.15) is 0 Å². The van der Waals surface area contributed by atoms with Gasteiger partial charge in [-0.05, 0) is 30.0 Å². The molecule has 2 aromatic carbocycles. The van der Waals surface area contributed by atoms with Gasteiger partial charge < -0.3 is 21.7 Å². The van der Waals surface area contributed by atoms with Crippen molar-refractivity contribution in [1.29, 1.82) is 0 Å². The highest BCUT2D eigenvalue weighted by molar-refractivity contribution is 5.92. The molecule has 0 aliphatic carbocycles. The van der Waals surface area contributed by atoms with Crippen LogP contribution in [0.25, 0.3) is 10.9 Å². The SMILES string of the molecule is CC(C)[C@H](Nc1nc(CNC(=O)NCCc2ccccc2)nc2ccccc12)C(N)=O. The van der Waals surface area contributed by atoms with Gasteiger partial charge in [0.2, 0.25) is 5.91 Å². The minimum atomic E-state index is -0.569. The number of amides is 3. The van der Waals surface area contributed by atoms with Crippen molar-refractivity contribution in [2.45, 2.75) is 32.9 Å². The van der Waals surface area contributed by atoms with E-state index in [-0.39, 0.29) is 18.5 Å². The number of nitrogens with zero attached hydrogens (tertiary/aromatic N) is 2. The zero-order valence-corrected chi connectivity index (χ0v) is 17.8. The van der Waals surface area contributed by atoms with Gasteiger partial charge in [-0.25, -0.2) is 14.8 Å². The van der Waals surface area contributed by atoms with Crippen molar-refractivity contribution in [2.24, 2.45) is 11.7 Å². The Kier molecular flexibility index (Phi) is 7.37. The molecule has 5 N–H and O–H groups in total. The normalized spacial score (nSPS) is 11.8. The van der Waals surface area contributed by atoms with E-state index >= 15 is 0 Å². The van der Waals surface area contributed by atoms with E-state index in [2.05, 4.69) is 25.9 Å². The molecule has 3 rings (SSSR count). The largest absolute Gasteiger partial charge is 0.368 e. The first-order valence-corrected chi connectivity index (χ1v) is 10.3. The van der Waals surface area contributed by atoms with Crippen molar-refractivity contribution in [2.75, 3.05) is 11.9 Å². The van der Waals surface area contributed by atoms with Crippen LogP contribution in [-0.4, -0.2) is 34.5 Å². The summed E-state index contributed by atoms with van der Waals surface area (Å²) in [5.41, 5.74) is 7.42. The molecule has 1 heterocycles. The molecule has 0 bridgehead atoms. The van der Waals surface area contributed by atoms with Gasteiger partial charge in [-0.3, -0.25) is 4.79 Å². The predicted octanol–water partition coefficient (Wildman–Crippen LogP) is 2.59. The topological polar surface area (TPSA) is 122 Å². The maximum absolute atomic E-state index is 12.2. The molecule has 0 saturated carbocycles. The number of hydrogen-bond acceptors (Lipinski definition) is 5. The third-order valence-electron chi connectivity index (χ3n) is 4.86. The molecule has 3 aromatic rings. The van der Waals surface area contributed by atoms with Crippen LogP contribution in [0.5, 0.6) is 0 Å². The second-order valence-electron chi connectivity index (χ2n) is 7.62. The highest BCUT2D eigenvalue weighted by atomic mass is 16.2. The summed E-state index contributed by atoms with van der Waals surface area (Å²) in [4.78, 5) is 33.0. The second-order valence-corrected chi connectivity index (χ2v) is 7.62. The fourth-order valence-corrected chi connectivity index (χ4v) is 3.21. The van der Waals surface area contributed by atoms with Crippen molar-refractivity contribution in [3.63, 3.8) is 0 Å². The summed E-state index contributed by atoms with van der Waals surface area (Å²) >= 11 is 0. The van der Waals surface area contributed by atoms with E-state index in [9.17, 15) is 9.59 Å². The lowest BCUT2D eigenvalue weighted by Gasteiger charge is -2.21. The van der Waals surface area contributed by atoms with Crippen molar-refractivity contribution in [1.82, 2.24) is 20.6 Å². The van der Waals surface area contributed by atoms with Crippen molar-refractivity contribution in [3.05, 3.63) is 66.0 Å². The Labute approximate surface area is 181 Å². The molecule has 8 nitrogen and oxygen atoms in total. The van der Waals surface area contributed by atoms with Gasteiger partial charge in [-0.1, -0.05) is 56.3 Å². The molecule has 162 valence electrons. The third kappa shape index (κ3) is 6.15. The van der Waals surface area contributed by atoms with Crippen LogP contribution < -0.4 is 21.7 Å². The molecule has 31 heavy (non-hydrogen) atoms. The van der Waals surface area contributed by atoms with Gasteiger partial charge >= 0.3 is 6.03 Å². The quantitative estimate of drug-likeness (QED) is 0.424. The van der Waals surface area contributed by atoms with E-state index in [1.807, 2.05) is 68.4 Å². The van der Waals surface area contributed by atoms with Crippen molar-refractivity contribution in [3.8, 4) is 0 Å². The van der Waals surface area contributed by atoms with E-state index in [0.717, 1.165) is 17.4 Å². The molecule has 0 fully saturated rings. The highest BCUT2D eigenvalue weighted by Crippen LogP contribution is 2.22. The minimum Gasteiger partial charge on any atom is -0.368 e. The van der Waals surface area contributed by atoms with E-state index in [4.69, 9.17) is 5.73 Å². The fourth-order valence-electron chi connectivity index (χ4n) is 3.21. The molecule has 3 amide bonds. The van der Waals surface area contributed by atoms with Crippen LogP contribution in [0, 0.1) is 5.92 Å². The first-order chi connectivity index (χ1) is 14.9. The van der Waals surface area contributed by atoms with Crippen LogP contribution in [0.3, 0.4) is 0 Å². The molecule has 0 saturated heterocycles. The van der Waals surface area contributed by atoms with Gasteiger partial charge in [0.1, 0.15) is 11.9 Å². The Bertz CT molecular complexity index is 1040. The molecular weight excluding hydrogens is 392 g/mol. The zero-order chi connectivity index (χ0) is 22.2. The number of para-hydroxylation sites is 1. The summed E-state index contributed by atoms with van der Waals surface area (Å²) in [6.07, 6.45) is 0.749. The first-order valence-electron chi connectivity index (χ1n) is 10.3. The number of fused-ring (bicyclic) bond motifs is 1. The summed E-state index contributed by atoms with van der Waals surface area (Å²) in [5.74, 6) is 0.495. The van der Waals surface area contributed by atoms with Gasteiger partial charge in [-0.15, -0.1) is 0 Å². The number of nitrogens with one attached hydrogen (secondary N) is 3. The van der Waals surface area contributed by atoms with Crippen molar-refractivity contribution >= 4 is 28.7 Å². The zero-order valence-electron chi connectivity index (χ0n) is 17.8. The number of anilines is 1. The molecule has 1 atom stereocenters. The Balaban J connectivity index is 1.66. The summed E-state index contributed by atoms with van der Waals surface area (Å²) in [6, 6.07) is 16.6. The highest BCUT2D eigenvalue weighted by Gasteiger charge is 2.21. The average Bonchev–Trinajstić information content (AvgIpc) is 2.76. The molecular formula is C23H28N6O2. The van der Waals surface area contributed by atoms with Crippen LogP contribution in [0.15, 0.2) is 54.6 Å². The van der Waals surface area contributed by atoms with E-state index < -0.39 is 11.9 Å². The summed E-state index contributed by atoms with van der Waals surface area (Å²) < 4.78 is 0. The lowest BCUT2D eigenvalue weighted by atomic mass is 10.0. The van der Waals surface area contributed by atoms with Crippen molar-refractivity contribution < 1.29 is 9.59 Å². The van der Waals surface area contributed by atoms with Crippen LogP contribution in [0.4, 0.5) is 10.6 Å². The Morgan fingerprint density at radius 1 is 0.968 bits per heavy atom. The van der Waals surface area contributed by atoms with E-state index in [1.54, 1.807) is 0 Å². The number of primary amides is 1. The predicted molar refractivity (Wildman–Crippen MR) is 121 cm³/mol. The summed E-state index contributed by atoms with van der Waals surface area (Å²) in [6.45, 7) is 4.50. The van der Waals surface area contributed by atoms with Gasteiger partial charge in [0.05, 0.1) is 12.1 Å². The fraction of sp³-hybridized carbons (Fsp3) is 0.304. The standard InChI is InChI=1S/C23H28N6O2/c1-15(2)20(21(24)30)29-22-17-10-6-7-11-18(17)27-19(28-22)14-26-23(31)25-13-12-16-8-4-3-5-9-16/h3-11,15,20H,12-14H2,1-2H3,(H2,24,30)(H2,25,26,31)(H,27,28,29)/t20-/m0/s1. The Morgan fingerprint density at radius 3 is 2.39 bits per heavy atom. The van der Waals surface area contributed by atoms with E-state index in [1.165, 1.54) is 0 Å². The molecule has 1 aromatic heterocycles. The smallest absolute Gasteiger partial charge is 0.315 e. The van der Waals surface area contributed by atoms with Gasteiger partial charge in [0, 0.05) is 11.9 Å². The lowest BCUT2D eigenvalue weighted by molar-refractivity contribution is -0.119. The number of urea groups is 1. The number of rotatable bonds is 9. The Hall–Kier alpha value is -3.68. The second kappa shape index (κ2) is 10.4. The van der Waals surface area contributed by atoms with Crippen LogP contribution in [0.2, 0.25) is 0 Å². The number of hydrogen-bond donors (Lipinski definition) is 4. The molecule has 0 radical (unpaired) electrons. The number of nitrogens with two attached hydrogens (primary N) is 1. The maximum atomic E-state index is 12.2. The lowest BCUT2D eigenvalue weighted by Crippen LogP contribution is -2.40.